The Kier molecular flexibility index (Phi) is 4.18. The number of carbonyl (C=O) groups excluding carboxylic acids is 1. The molecule has 2 nitrogen and oxygen atoms in total. The molecule has 15 heavy (non-hydrogen) atoms. The summed E-state index contributed by atoms with van der Waals surface area (Å²) in [5.41, 5.74) is 1.43. The van der Waals surface area contributed by atoms with Gasteiger partial charge in [0.25, 0.3) is 0 Å². The Bertz CT molecular complexity index is 411. The molecular formula is C11H11BrFNO. The van der Waals surface area contributed by atoms with Gasteiger partial charge in [-0.15, -0.1) is 0 Å². The third kappa shape index (κ3) is 2.98. The predicted octanol–water partition coefficient (Wildman–Crippen LogP) is 3.55. The summed E-state index contributed by atoms with van der Waals surface area (Å²) in [6, 6.07) is 3.47. The first kappa shape index (κ1) is 12.1. The van der Waals surface area contributed by atoms with Gasteiger partial charge in [0.05, 0.1) is 11.0 Å². The van der Waals surface area contributed by atoms with E-state index in [0.717, 1.165) is 5.56 Å². The van der Waals surface area contributed by atoms with Gasteiger partial charge in [-0.2, -0.15) is 0 Å². The van der Waals surface area contributed by atoms with E-state index in [0.29, 0.717) is 16.0 Å². The Balaban J connectivity index is 3.18. The number of benzene rings is 1. The zero-order valence-electron chi connectivity index (χ0n) is 8.55. The molecule has 0 aliphatic rings. The molecule has 0 heterocycles. The van der Waals surface area contributed by atoms with Crippen molar-refractivity contribution >= 4 is 22.0 Å². The van der Waals surface area contributed by atoms with E-state index >= 15 is 0 Å². The van der Waals surface area contributed by atoms with Crippen molar-refractivity contribution in [3.8, 4) is 0 Å². The van der Waals surface area contributed by atoms with Gasteiger partial charge in [-0.25, -0.2) is 14.2 Å². The molecule has 1 rings (SSSR count). The van der Waals surface area contributed by atoms with Crippen LogP contribution in [0.1, 0.15) is 30.9 Å². The molecule has 1 aromatic carbocycles. The minimum Gasteiger partial charge on any atom is -0.211 e. The van der Waals surface area contributed by atoms with Crippen molar-refractivity contribution in [3.63, 3.8) is 0 Å². The Morgan fingerprint density at radius 2 is 2.20 bits per heavy atom. The smallest absolute Gasteiger partial charge is 0.211 e. The Hall–Kier alpha value is -0.990. The van der Waals surface area contributed by atoms with E-state index in [1.54, 1.807) is 12.1 Å². The molecule has 0 radical (unpaired) electrons. The Morgan fingerprint density at radius 1 is 1.53 bits per heavy atom. The standard InChI is InChI=1S/C11H11BrFNO/c1-7(2)8-3-9(5-14-6-15)11(13)10(12)4-8/h3-4,7H,5H2,1-2H3. The first-order valence-electron chi connectivity index (χ1n) is 4.57. The Labute approximate surface area is 96.3 Å². The van der Waals surface area contributed by atoms with E-state index in [1.807, 2.05) is 13.8 Å². The molecule has 0 bridgehead atoms. The zero-order chi connectivity index (χ0) is 11.4. The van der Waals surface area contributed by atoms with E-state index in [1.165, 1.54) is 6.08 Å². The number of hydrogen-bond donors (Lipinski definition) is 0. The molecule has 0 aromatic heterocycles. The lowest BCUT2D eigenvalue weighted by Crippen LogP contribution is -1.95. The molecule has 0 atom stereocenters. The fraction of sp³-hybridized carbons (Fsp3) is 0.364. The summed E-state index contributed by atoms with van der Waals surface area (Å²) in [6.45, 7) is 4.08. The second-order valence-electron chi connectivity index (χ2n) is 3.54. The maximum atomic E-state index is 13.5. The van der Waals surface area contributed by atoms with Crippen LogP contribution in [0.3, 0.4) is 0 Å². The highest BCUT2D eigenvalue weighted by atomic mass is 79.9. The number of nitrogens with zero attached hydrogens (tertiary/aromatic N) is 1. The van der Waals surface area contributed by atoms with Crippen LogP contribution in [0.4, 0.5) is 4.39 Å². The van der Waals surface area contributed by atoms with Crippen LogP contribution in [0.25, 0.3) is 0 Å². The van der Waals surface area contributed by atoms with Crippen LogP contribution in [0, 0.1) is 5.82 Å². The van der Waals surface area contributed by atoms with Gasteiger partial charge in [0.2, 0.25) is 6.08 Å². The van der Waals surface area contributed by atoms with Crippen LogP contribution in [0.15, 0.2) is 21.6 Å². The van der Waals surface area contributed by atoms with Gasteiger partial charge in [-0.1, -0.05) is 19.9 Å². The number of hydrogen-bond acceptors (Lipinski definition) is 2. The minimum absolute atomic E-state index is 0.0362. The van der Waals surface area contributed by atoms with Gasteiger partial charge in [0.1, 0.15) is 5.82 Å². The molecule has 0 saturated carbocycles. The molecule has 0 spiro atoms. The molecule has 4 heteroatoms. The highest BCUT2D eigenvalue weighted by Crippen LogP contribution is 2.26. The summed E-state index contributed by atoms with van der Waals surface area (Å²) in [4.78, 5) is 13.3. The second-order valence-corrected chi connectivity index (χ2v) is 4.39. The average molecular weight is 272 g/mol. The fourth-order valence-corrected chi connectivity index (χ4v) is 1.75. The highest BCUT2D eigenvalue weighted by Gasteiger charge is 2.10. The summed E-state index contributed by atoms with van der Waals surface area (Å²) in [5, 5.41) is 0. The van der Waals surface area contributed by atoms with Gasteiger partial charge >= 0.3 is 0 Å². The Morgan fingerprint density at radius 3 is 2.73 bits per heavy atom. The summed E-state index contributed by atoms with van der Waals surface area (Å²) in [6.07, 6.45) is 1.40. The van der Waals surface area contributed by atoms with Crippen LogP contribution in [0.5, 0.6) is 0 Å². The lowest BCUT2D eigenvalue weighted by molar-refractivity contribution is 0.561. The van der Waals surface area contributed by atoms with Crippen molar-refractivity contribution in [1.29, 1.82) is 0 Å². The number of aliphatic imine (C=N–C) groups is 1. The summed E-state index contributed by atoms with van der Waals surface area (Å²) < 4.78 is 13.9. The molecule has 1 aromatic rings. The topological polar surface area (TPSA) is 29.4 Å². The van der Waals surface area contributed by atoms with Crippen LogP contribution < -0.4 is 0 Å². The SMILES string of the molecule is CC(C)c1cc(Br)c(F)c(CN=C=O)c1. The third-order valence-corrected chi connectivity index (χ3v) is 2.68. The second kappa shape index (κ2) is 5.19. The first-order chi connectivity index (χ1) is 7.06. The van der Waals surface area contributed by atoms with E-state index in [4.69, 9.17) is 0 Å². The van der Waals surface area contributed by atoms with Crippen LogP contribution in [-0.2, 0) is 11.3 Å². The van der Waals surface area contributed by atoms with Crippen molar-refractivity contribution in [2.24, 2.45) is 4.99 Å². The highest BCUT2D eigenvalue weighted by molar-refractivity contribution is 9.10. The molecule has 0 saturated heterocycles. The molecule has 0 N–H and O–H groups in total. The number of rotatable bonds is 3. The molecule has 0 aliphatic heterocycles. The molecule has 0 aliphatic carbocycles. The van der Waals surface area contributed by atoms with Gasteiger partial charge < -0.3 is 0 Å². The maximum absolute atomic E-state index is 13.5. The van der Waals surface area contributed by atoms with E-state index in [9.17, 15) is 9.18 Å². The lowest BCUT2D eigenvalue weighted by atomic mass is 10.0. The quantitative estimate of drug-likeness (QED) is 0.611. The average Bonchev–Trinajstić information content (AvgIpc) is 2.19. The lowest BCUT2D eigenvalue weighted by Gasteiger charge is -2.09. The molecule has 0 amide bonds. The molecule has 0 fully saturated rings. The fourth-order valence-electron chi connectivity index (χ4n) is 1.24. The summed E-state index contributed by atoms with van der Waals surface area (Å²) in [5.74, 6) is -0.0562. The monoisotopic (exact) mass is 271 g/mol. The third-order valence-electron chi connectivity index (χ3n) is 2.11. The maximum Gasteiger partial charge on any atom is 0.235 e. The van der Waals surface area contributed by atoms with Crippen molar-refractivity contribution in [3.05, 3.63) is 33.5 Å². The van der Waals surface area contributed by atoms with Crippen molar-refractivity contribution in [2.75, 3.05) is 0 Å². The van der Waals surface area contributed by atoms with Crippen LogP contribution in [0.2, 0.25) is 0 Å². The largest absolute Gasteiger partial charge is 0.235 e. The predicted molar refractivity (Wildman–Crippen MR) is 60.0 cm³/mol. The van der Waals surface area contributed by atoms with Crippen LogP contribution in [-0.4, -0.2) is 6.08 Å². The van der Waals surface area contributed by atoms with Gasteiger partial charge in [0, 0.05) is 5.56 Å². The van der Waals surface area contributed by atoms with Crippen molar-refractivity contribution < 1.29 is 9.18 Å². The van der Waals surface area contributed by atoms with Crippen molar-refractivity contribution in [2.45, 2.75) is 26.3 Å². The van der Waals surface area contributed by atoms with Gasteiger partial charge in [-0.3, -0.25) is 0 Å². The number of halogens is 2. The first-order valence-corrected chi connectivity index (χ1v) is 5.37. The van der Waals surface area contributed by atoms with E-state index < -0.39 is 0 Å². The summed E-state index contributed by atoms with van der Waals surface area (Å²) >= 11 is 3.14. The zero-order valence-corrected chi connectivity index (χ0v) is 10.1. The molecule has 0 unspecified atom stereocenters. The van der Waals surface area contributed by atoms with Crippen molar-refractivity contribution in [1.82, 2.24) is 0 Å². The van der Waals surface area contributed by atoms with E-state index in [-0.39, 0.29) is 12.4 Å². The normalized spacial score (nSPS) is 10.2. The minimum atomic E-state index is -0.363. The van der Waals surface area contributed by atoms with Gasteiger partial charge in [-0.05, 0) is 33.5 Å². The summed E-state index contributed by atoms with van der Waals surface area (Å²) in [7, 11) is 0. The van der Waals surface area contributed by atoms with Gasteiger partial charge in [0.15, 0.2) is 0 Å². The molecule has 80 valence electrons. The van der Waals surface area contributed by atoms with E-state index in [2.05, 4.69) is 20.9 Å². The number of isocyanates is 1. The van der Waals surface area contributed by atoms with Crippen LogP contribution >= 0.6 is 15.9 Å². The molecular weight excluding hydrogens is 261 g/mol.